The van der Waals surface area contributed by atoms with Crippen molar-refractivity contribution >= 4 is 5.91 Å². The van der Waals surface area contributed by atoms with Crippen LogP contribution in [0.5, 0.6) is 0 Å². The maximum absolute atomic E-state index is 13.2. The maximum atomic E-state index is 13.2. The highest BCUT2D eigenvalue weighted by molar-refractivity contribution is 5.95. The number of amides is 1. The van der Waals surface area contributed by atoms with E-state index in [0.717, 1.165) is 5.56 Å². The fourth-order valence-electron chi connectivity index (χ4n) is 3.19. The van der Waals surface area contributed by atoms with Gasteiger partial charge in [-0.05, 0) is 37.5 Å². The second-order valence-corrected chi connectivity index (χ2v) is 6.96. The van der Waals surface area contributed by atoms with Gasteiger partial charge in [0.05, 0.1) is 0 Å². The van der Waals surface area contributed by atoms with Gasteiger partial charge in [0.25, 0.3) is 11.5 Å². The average molecular weight is 410 g/mol. The van der Waals surface area contributed by atoms with Crippen molar-refractivity contribution < 1.29 is 14.1 Å². The van der Waals surface area contributed by atoms with Gasteiger partial charge < -0.3 is 18.7 Å². The van der Waals surface area contributed by atoms with Crippen LogP contribution in [-0.4, -0.2) is 39.2 Å². The summed E-state index contributed by atoms with van der Waals surface area (Å²) in [6.07, 6.45) is 2.45. The SMILES string of the molecule is CCN(Cc1nc(COC)no1)C(=O)c1c(C)ccn(CCc2ccccc2)c1=O. The van der Waals surface area contributed by atoms with Crippen molar-refractivity contribution in [3.05, 3.63) is 81.4 Å². The van der Waals surface area contributed by atoms with Crippen molar-refractivity contribution in [3.8, 4) is 0 Å². The Kier molecular flexibility index (Phi) is 7.13. The lowest BCUT2D eigenvalue weighted by molar-refractivity contribution is 0.0731. The third kappa shape index (κ3) is 5.01. The molecule has 8 heteroatoms. The van der Waals surface area contributed by atoms with Crippen molar-refractivity contribution in [1.29, 1.82) is 0 Å². The van der Waals surface area contributed by atoms with E-state index in [-0.39, 0.29) is 30.2 Å². The third-order valence-electron chi connectivity index (χ3n) is 4.85. The van der Waals surface area contributed by atoms with Crippen molar-refractivity contribution in [3.63, 3.8) is 0 Å². The zero-order valence-corrected chi connectivity index (χ0v) is 17.5. The Morgan fingerprint density at radius 1 is 1.23 bits per heavy atom. The molecule has 3 aromatic rings. The predicted octanol–water partition coefficient (Wildman–Crippen LogP) is 2.59. The van der Waals surface area contributed by atoms with Crippen LogP contribution in [0.1, 0.15) is 40.1 Å². The van der Waals surface area contributed by atoms with Gasteiger partial charge in [0.1, 0.15) is 18.7 Å². The molecule has 0 bridgehead atoms. The molecule has 0 saturated carbocycles. The molecule has 0 spiro atoms. The summed E-state index contributed by atoms with van der Waals surface area (Å²) < 4.78 is 11.8. The van der Waals surface area contributed by atoms with E-state index in [9.17, 15) is 9.59 Å². The van der Waals surface area contributed by atoms with E-state index >= 15 is 0 Å². The van der Waals surface area contributed by atoms with E-state index < -0.39 is 0 Å². The van der Waals surface area contributed by atoms with E-state index in [2.05, 4.69) is 10.1 Å². The van der Waals surface area contributed by atoms with Gasteiger partial charge in [-0.15, -0.1) is 0 Å². The summed E-state index contributed by atoms with van der Waals surface area (Å²) in [6.45, 7) is 4.87. The van der Waals surface area contributed by atoms with Gasteiger partial charge >= 0.3 is 0 Å². The minimum atomic E-state index is -0.347. The smallest absolute Gasteiger partial charge is 0.263 e. The number of carbonyl (C=O) groups is 1. The van der Waals surface area contributed by atoms with Crippen LogP contribution in [-0.2, 0) is 30.9 Å². The molecule has 0 aliphatic heterocycles. The molecule has 0 unspecified atom stereocenters. The molecule has 158 valence electrons. The number of aromatic nitrogens is 3. The number of benzene rings is 1. The van der Waals surface area contributed by atoms with Crippen molar-refractivity contribution in [1.82, 2.24) is 19.6 Å². The van der Waals surface area contributed by atoms with Gasteiger partial charge in [0.15, 0.2) is 5.82 Å². The van der Waals surface area contributed by atoms with Crippen LogP contribution < -0.4 is 5.56 Å². The zero-order chi connectivity index (χ0) is 21.5. The van der Waals surface area contributed by atoms with E-state index in [1.54, 1.807) is 30.9 Å². The number of carbonyl (C=O) groups excluding carboxylic acids is 1. The summed E-state index contributed by atoms with van der Waals surface area (Å²) in [5, 5.41) is 3.81. The van der Waals surface area contributed by atoms with Gasteiger partial charge in [0, 0.05) is 26.4 Å². The lowest BCUT2D eigenvalue weighted by Gasteiger charge is -2.20. The highest BCUT2D eigenvalue weighted by atomic mass is 16.5. The first-order chi connectivity index (χ1) is 14.5. The molecule has 8 nitrogen and oxygen atoms in total. The number of methoxy groups -OCH3 is 1. The van der Waals surface area contributed by atoms with Crippen LogP contribution in [0.25, 0.3) is 0 Å². The molecular weight excluding hydrogens is 384 g/mol. The first kappa shape index (κ1) is 21.4. The molecule has 0 aliphatic rings. The molecule has 2 heterocycles. The van der Waals surface area contributed by atoms with Crippen LogP contribution in [0.4, 0.5) is 0 Å². The van der Waals surface area contributed by atoms with Gasteiger partial charge in [-0.2, -0.15) is 4.98 Å². The molecule has 1 aromatic carbocycles. The number of rotatable bonds is 9. The van der Waals surface area contributed by atoms with E-state index in [4.69, 9.17) is 9.26 Å². The lowest BCUT2D eigenvalue weighted by atomic mass is 10.1. The Balaban J connectivity index is 1.79. The largest absolute Gasteiger partial charge is 0.377 e. The third-order valence-corrected chi connectivity index (χ3v) is 4.85. The topological polar surface area (TPSA) is 90.5 Å². The van der Waals surface area contributed by atoms with Crippen LogP contribution in [0.2, 0.25) is 0 Å². The molecule has 3 rings (SSSR count). The summed E-state index contributed by atoms with van der Waals surface area (Å²) in [6, 6.07) is 11.7. The van der Waals surface area contributed by atoms with Crippen molar-refractivity contribution in [2.45, 2.75) is 40.0 Å². The molecule has 30 heavy (non-hydrogen) atoms. The molecule has 2 aromatic heterocycles. The Bertz CT molecular complexity index is 1040. The Morgan fingerprint density at radius 3 is 2.70 bits per heavy atom. The minimum Gasteiger partial charge on any atom is -0.377 e. The highest BCUT2D eigenvalue weighted by Gasteiger charge is 2.23. The number of hydrogen-bond donors (Lipinski definition) is 0. The van der Waals surface area contributed by atoms with Crippen LogP contribution in [0.15, 0.2) is 51.9 Å². The zero-order valence-electron chi connectivity index (χ0n) is 17.5. The summed E-state index contributed by atoms with van der Waals surface area (Å²) >= 11 is 0. The fraction of sp³-hybridized carbons (Fsp3) is 0.364. The summed E-state index contributed by atoms with van der Waals surface area (Å²) in [7, 11) is 1.54. The van der Waals surface area contributed by atoms with Crippen molar-refractivity contribution in [2.75, 3.05) is 13.7 Å². The number of hydrogen-bond acceptors (Lipinski definition) is 6. The number of ether oxygens (including phenoxy) is 1. The second-order valence-electron chi connectivity index (χ2n) is 6.96. The Hall–Kier alpha value is -3.26. The van der Waals surface area contributed by atoms with Gasteiger partial charge in [-0.25, -0.2) is 0 Å². The van der Waals surface area contributed by atoms with Gasteiger partial charge in [-0.3, -0.25) is 9.59 Å². The predicted molar refractivity (Wildman–Crippen MR) is 111 cm³/mol. The molecule has 0 atom stereocenters. The average Bonchev–Trinajstić information content (AvgIpc) is 3.19. The minimum absolute atomic E-state index is 0.129. The van der Waals surface area contributed by atoms with Gasteiger partial charge in [-0.1, -0.05) is 35.5 Å². The van der Waals surface area contributed by atoms with Crippen LogP contribution in [0, 0.1) is 6.92 Å². The van der Waals surface area contributed by atoms with E-state index in [1.165, 1.54) is 4.90 Å². The quantitative estimate of drug-likeness (QED) is 0.539. The van der Waals surface area contributed by atoms with E-state index in [0.29, 0.717) is 36.8 Å². The first-order valence-corrected chi connectivity index (χ1v) is 9.87. The lowest BCUT2D eigenvalue weighted by Crippen LogP contribution is -2.37. The normalized spacial score (nSPS) is 10.9. The molecule has 1 amide bonds. The van der Waals surface area contributed by atoms with Crippen molar-refractivity contribution in [2.24, 2.45) is 0 Å². The molecule has 0 radical (unpaired) electrons. The number of nitrogens with zero attached hydrogens (tertiary/aromatic N) is 4. The molecule has 0 aliphatic carbocycles. The van der Waals surface area contributed by atoms with Crippen LogP contribution >= 0.6 is 0 Å². The fourth-order valence-corrected chi connectivity index (χ4v) is 3.19. The second kappa shape index (κ2) is 9.98. The molecule has 0 saturated heterocycles. The monoisotopic (exact) mass is 410 g/mol. The standard InChI is InChI=1S/C22H26N4O4/c1-4-25(14-19-23-18(15-29-3)24-30-19)21(27)20-16(2)10-12-26(22(20)28)13-11-17-8-6-5-7-9-17/h5-10,12H,4,11,13-15H2,1-3H3. The molecule has 0 fully saturated rings. The van der Waals surface area contributed by atoms with Crippen LogP contribution in [0.3, 0.4) is 0 Å². The van der Waals surface area contributed by atoms with Gasteiger partial charge in [0.2, 0.25) is 5.89 Å². The molecule has 0 N–H and O–H groups in total. The number of aryl methyl sites for hydroxylation is 3. The summed E-state index contributed by atoms with van der Waals surface area (Å²) in [5.74, 6) is 0.367. The summed E-state index contributed by atoms with van der Waals surface area (Å²) in [4.78, 5) is 32.0. The highest BCUT2D eigenvalue weighted by Crippen LogP contribution is 2.11. The maximum Gasteiger partial charge on any atom is 0.263 e. The Labute approximate surface area is 175 Å². The Morgan fingerprint density at radius 2 is 2.00 bits per heavy atom. The molecular formula is C22H26N4O4. The number of pyridine rings is 1. The first-order valence-electron chi connectivity index (χ1n) is 9.87. The van der Waals surface area contributed by atoms with E-state index in [1.807, 2.05) is 37.3 Å². The summed E-state index contributed by atoms with van der Waals surface area (Å²) in [5.41, 5.74) is 1.66.